The zero-order valence-electron chi connectivity index (χ0n) is 19.3. The van der Waals surface area contributed by atoms with E-state index in [4.69, 9.17) is 0 Å². The third-order valence-electron chi connectivity index (χ3n) is 6.78. The highest BCUT2D eigenvalue weighted by Crippen LogP contribution is 2.50. The van der Waals surface area contributed by atoms with Crippen LogP contribution in [0.4, 0.5) is 0 Å². The molecule has 0 unspecified atom stereocenters. The van der Waals surface area contributed by atoms with Gasteiger partial charge in [-0.3, -0.25) is 9.67 Å². The molecule has 164 valence electrons. The summed E-state index contributed by atoms with van der Waals surface area (Å²) in [5.74, 6) is 0.463. The average molecular weight is 419 g/mol. The molecule has 0 aliphatic carbocycles. The Morgan fingerprint density at radius 2 is 1.68 bits per heavy atom. The molecule has 2 aromatic heterocycles. The summed E-state index contributed by atoms with van der Waals surface area (Å²) in [5, 5.41) is 16.6. The maximum atomic E-state index is 12.3. The molecule has 5 heteroatoms. The second-order valence-electron chi connectivity index (χ2n) is 9.82. The molecule has 3 heterocycles. The predicted molar refractivity (Wildman–Crippen MR) is 124 cm³/mol. The van der Waals surface area contributed by atoms with E-state index in [2.05, 4.69) is 79.3 Å². The molecule has 1 aromatic carbocycles. The first kappa shape index (κ1) is 21.7. The number of aryl methyl sites for hydroxylation is 3. The fourth-order valence-corrected chi connectivity index (χ4v) is 5.06. The Labute approximate surface area is 185 Å². The molecule has 0 amide bonds. The number of rotatable bonds is 7. The molecule has 3 aromatic rings. The number of likely N-dealkylation sites (tertiary alicyclic amines) is 1. The van der Waals surface area contributed by atoms with Crippen molar-refractivity contribution in [2.45, 2.75) is 45.1 Å². The van der Waals surface area contributed by atoms with Crippen LogP contribution in [0.5, 0.6) is 0 Å². The number of nitrogens with zero attached hydrogens (tertiary/aromatic N) is 4. The highest BCUT2D eigenvalue weighted by molar-refractivity contribution is 5.42. The van der Waals surface area contributed by atoms with Gasteiger partial charge in [0.2, 0.25) is 0 Å². The van der Waals surface area contributed by atoms with Crippen LogP contribution in [0.15, 0.2) is 55.1 Å². The molecule has 1 aliphatic heterocycles. The summed E-state index contributed by atoms with van der Waals surface area (Å²) in [4.78, 5) is 6.79. The van der Waals surface area contributed by atoms with Gasteiger partial charge in [-0.2, -0.15) is 5.10 Å². The number of aromatic nitrogens is 3. The topological polar surface area (TPSA) is 54.2 Å². The fraction of sp³-hybridized carbons (Fsp3) is 0.462. The lowest BCUT2D eigenvalue weighted by atomic mass is 9.62. The second kappa shape index (κ2) is 8.21. The summed E-state index contributed by atoms with van der Waals surface area (Å²) in [7, 11) is 4.04. The van der Waals surface area contributed by atoms with E-state index in [1.165, 1.54) is 11.1 Å². The van der Waals surface area contributed by atoms with E-state index >= 15 is 0 Å². The third kappa shape index (κ3) is 4.04. The van der Waals surface area contributed by atoms with Crippen LogP contribution < -0.4 is 0 Å². The van der Waals surface area contributed by atoms with Crippen molar-refractivity contribution in [3.63, 3.8) is 0 Å². The van der Waals surface area contributed by atoms with Gasteiger partial charge in [0.1, 0.15) is 5.60 Å². The molecule has 1 N–H and O–H groups in total. The van der Waals surface area contributed by atoms with Gasteiger partial charge in [-0.05, 0) is 54.1 Å². The highest BCUT2D eigenvalue weighted by Gasteiger charge is 2.55. The van der Waals surface area contributed by atoms with Crippen molar-refractivity contribution in [3.8, 4) is 0 Å². The van der Waals surface area contributed by atoms with Crippen molar-refractivity contribution in [1.82, 2.24) is 19.7 Å². The molecule has 1 atom stereocenters. The molecule has 5 nitrogen and oxygen atoms in total. The highest BCUT2D eigenvalue weighted by atomic mass is 16.3. The SMILES string of the molecule is CC(C)c1ccc([C@](O)(c2cncc(CCc3cnn(C)c3)c2)C2(C)CN(C)C2)cc1. The molecule has 0 spiro atoms. The first-order valence-corrected chi connectivity index (χ1v) is 11.1. The van der Waals surface area contributed by atoms with Crippen molar-refractivity contribution in [1.29, 1.82) is 0 Å². The summed E-state index contributed by atoms with van der Waals surface area (Å²) in [5.41, 5.74) is 4.08. The number of benzene rings is 1. The molecule has 1 saturated heterocycles. The number of hydrogen-bond donors (Lipinski definition) is 1. The molecular weight excluding hydrogens is 384 g/mol. The Morgan fingerprint density at radius 1 is 1.00 bits per heavy atom. The van der Waals surface area contributed by atoms with Gasteiger partial charge in [0.05, 0.1) is 6.20 Å². The Hall–Kier alpha value is -2.50. The van der Waals surface area contributed by atoms with E-state index in [1.807, 2.05) is 30.3 Å². The molecular formula is C26H34N4O. The van der Waals surface area contributed by atoms with Crippen LogP contribution in [0.1, 0.15) is 54.5 Å². The van der Waals surface area contributed by atoms with Crippen LogP contribution in [-0.4, -0.2) is 44.9 Å². The summed E-state index contributed by atoms with van der Waals surface area (Å²) in [6.45, 7) is 8.26. The van der Waals surface area contributed by atoms with E-state index in [0.717, 1.165) is 42.6 Å². The van der Waals surface area contributed by atoms with Gasteiger partial charge >= 0.3 is 0 Å². The fourth-order valence-electron chi connectivity index (χ4n) is 5.06. The Bertz CT molecular complexity index is 1030. The van der Waals surface area contributed by atoms with Gasteiger partial charge in [-0.25, -0.2) is 0 Å². The van der Waals surface area contributed by atoms with Crippen molar-refractivity contribution in [3.05, 3.63) is 82.9 Å². The van der Waals surface area contributed by atoms with Crippen molar-refractivity contribution < 1.29 is 5.11 Å². The van der Waals surface area contributed by atoms with Crippen LogP contribution >= 0.6 is 0 Å². The third-order valence-corrected chi connectivity index (χ3v) is 6.78. The van der Waals surface area contributed by atoms with E-state index < -0.39 is 5.60 Å². The summed E-state index contributed by atoms with van der Waals surface area (Å²) in [6, 6.07) is 10.6. The van der Waals surface area contributed by atoms with Crippen LogP contribution in [0.25, 0.3) is 0 Å². The van der Waals surface area contributed by atoms with Crippen LogP contribution in [0, 0.1) is 5.41 Å². The Balaban J connectivity index is 1.68. The summed E-state index contributed by atoms with van der Waals surface area (Å²) in [6.07, 6.45) is 9.49. The van der Waals surface area contributed by atoms with Gasteiger partial charge < -0.3 is 10.0 Å². The number of aliphatic hydroxyl groups is 1. The lowest BCUT2D eigenvalue weighted by molar-refractivity contribution is -0.127. The number of hydrogen-bond acceptors (Lipinski definition) is 4. The standard InChI is InChI=1S/C26H34N4O/c1-19(2)22-8-10-23(11-9-22)26(31,25(3)17-29(4)18-25)24-12-20(13-27-15-24)6-7-21-14-28-30(5)16-21/h8-16,19,31H,6-7,17-18H2,1-5H3/t26-/m0/s1. The minimum absolute atomic E-state index is 0.273. The van der Waals surface area contributed by atoms with E-state index in [1.54, 1.807) is 0 Å². The zero-order valence-corrected chi connectivity index (χ0v) is 19.3. The monoisotopic (exact) mass is 418 g/mol. The predicted octanol–water partition coefficient (Wildman–Crippen LogP) is 3.91. The van der Waals surface area contributed by atoms with Crippen molar-refractivity contribution in [2.24, 2.45) is 12.5 Å². The van der Waals surface area contributed by atoms with Crippen molar-refractivity contribution in [2.75, 3.05) is 20.1 Å². The van der Waals surface area contributed by atoms with E-state index in [0.29, 0.717) is 5.92 Å². The van der Waals surface area contributed by atoms with Gasteiger partial charge in [0, 0.05) is 49.7 Å². The maximum Gasteiger partial charge on any atom is 0.124 e. The Morgan fingerprint density at radius 3 is 2.26 bits per heavy atom. The molecule has 0 radical (unpaired) electrons. The molecule has 1 aliphatic rings. The molecule has 1 fully saturated rings. The zero-order chi connectivity index (χ0) is 22.2. The minimum atomic E-state index is -1.09. The minimum Gasteiger partial charge on any atom is -0.380 e. The molecule has 0 bridgehead atoms. The molecule has 4 rings (SSSR count). The van der Waals surface area contributed by atoms with Gasteiger partial charge in [0.15, 0.2) is 0 Å². The van der Waals surface area contributed by atoms with Crippen LogP contribution in [-0.2, 0) is 25.5 Å². The van der Waals surface area contributed by atoms with Gasteiger partial charge in [-0.15, -0.1) is 0 Å². The lowest BCUT2D eigenvalue weighted by Crippen LogP contribution is -2.63. The summed E-state index contributed by atoms with van der Waals surface area (Å²) >= 11 is 0. The smallest absolute Gasteiger partial charge is 0.124 e. The second-order valence-corrected chi connectivity index (χ2v) is 9.82. The average Bonchev–Trinajstić information content (AvgIpc) is 3.16. The van der Waals surface area contributed by atoms with Gasteiger partial charge in [0.25, 0.3) is 0 Å². The number of pyridine rings is 1. The Kier molecular flexibility index (Phi) is 5.75. The molecule has 0 saturated carbocycles. The lowest BCUT2D eigenvalue weighted by Gasteiger charge is -2.56. The van der Waals surface area contributed by atoms with Crippen LogP contribution in [0.2, 0.25) is 0 Å². The van der Waals surface area contributed by atoms with E-state index in [-0.39, 0.29) is 5.41 Å². The largest absolute Gasteiger partial charge is 0.380 e. The van der Waals surface area contributed by atoms with Crippen molar-refractivity contribution >= 4 is 0 Å². The maximum absolute atomic E-state index is 12.3. The summed E-state index contributed by atoms with van der Waals surface area (Å²) < 4.78 is 1.83. The first-order chi connectivity index (χ1) is 14.7. The normalized spacial score (nSPS) is 18.0. The molecule has 31 heavy (non-hydrogen) atoms. The quantitative estimate of drug-likeness (QED) is 0.632. The van der Waals surface area contributed by atoms with Crippen LogP contribution in [0.3, 0.4) is 0 Å². The first-order valence-electron chi connectivity index (χ1n) is 11.1. The van der Waals surface area contributed by atoms with Gasteiger partial charge in [-0.1, -0.05) is 45.0 Å². The van der Waals surface area contributed by atoms with E-state index in [9.17, 15) is 5.11 Å².